The first-order valence-electron chi connectivity index (χ1n) is 7.27. The number of benzene rings is 1. The molecule has 0 N–H and O–H groups in total. The fraction of sp³-hybridized carbons (Fsp3) is 0.562. The van der Waals surface area contributed by atoms with Gasteiger partial charge in [0.15, 0.2) is 0 Å². The van der Waals surface area contributed by atoms with Crippen LogP contribution in [0.25, 0.3) is 0 Å². The van der Waals surface area contributed by atoms with Gasteiger partial charge in [-0.25, -0.2) is 4.79 Å². The highest BCUT2D eigenvalue weighted by atomic mass is 16.6. The highest BCUT2D eigenvalue weighted by Crippen LogP contribution is 2.28. The van der Waals surface area contributed by atoms with Gasteiger partial charge in [0, 0.05) is 18.8 Å². The summed E-state index contributed by atoms with van der Waals surface area (Å²) in [5.41, 5.74) is 2.70. The normalized spacial score (nSPS) is 17.7. The van der Waals surface area contributed by atoms with Crippen molar-refractivity contribution in [2.24, 2.45) is 5.92 Å². The molecular weight excluding hydrogens is 254 g/mol. The lowest BCUT2D eigenvalue weighted by atomic mass is 9.94. The molecule has 1 aliphatic rings. The Morgan fingerprint density at radius 1 is 1.40 bits per heavy atom. The van der Waals surface area contributed by atoms with Gasteiger partial charge in [0.25, 0.3) is 0 Å². The number of hydrogen-bond acceptors (Lipinski definition) is 4. The number of para-hydroxylation sites is 1. The molecule has 0 bridgehead atoms. The molecule has 1 atom stereocenters. The minimum Gasteiger partial charge on any atom is -0.464 e. The van der Waals surface area contributed by atoms with Gasteiger partial charge in [0.2, 0.25) is 0 Å². The van der Waals surface area contributed by atoms with Crippen molar-refractivity contribution >= 4 is 11.7 Å². The van der Waals surface area contributed by atoms with E-state index in [2.05, 4.69) is 36.1 Å². The van der Waals surface area contributed by atoms with Crippen LogP contribution in [0.4, 0.5) is 5.69 Å². The second-order valence-electron chi connectivity index (χ2n) is 5.24. The summed E-state index contributed by atoms with van der Waals surface area (Å²) >= 11 is 0. The molecule has 0 radical (unpaired) electrons. The second-order valence-corrected chi connectivity index (χ2v) is 5.24. The Morgan fingerprint density at radius 3 is 3.00 bits per heavy atom. The van der Waals surface area contributed by atoms with Crippen molar-refractivity contribution in [1.82, 2.24) is 0 Å². The van der Waals surface area contributed by atoms with Crippen molar-refractivity contribution in [3.05, 3.63) is 29.8 Å². The van der Waals surface area contributed by atoms with Crippen molar-refractivity contribution in [3.63, 3.8) is 0 Å². The van der Waals surface area contributed by atoms with Crippen LogP contribution in [0, 0.1) is 5.92 Å². The maximum atomic E-state index is 11.2. The predicted molar refractivity (Wildman–Crippen MR) is 79.0 cm³/mol. The average Bonchev–Trinajstić information content (AvgIpc) is 2.43. The Bertz CT molecular complexity index is 447. The number of carbonyl (C=O) groups is 1. The summed E-state index contributed by atoms with van der Waals surface area (Å²) in [6, 6.07) is 8.51. The van der Waals surface area contributed by atoms with E-state index in [1.54, 1.807) is 6.92 Å². The first-order chi connectivity index (χ1) is 9.70. The van der Waals surface area contributed by atoms with Crippen LogP contribution in [-0.2, 0) is 20.7 Å². The Labute approximate surface area is 120 Å². The third kappa shape index (κ3) is 3.97. The maximum absolute atomic E-state index is 11.2. The maximum Gasteiger partial charge on any atom is 0.332 e. The number of ether oxygens (including phenoxy) is 2. The van der Waals surface area contributed by atoms with E-state index in [9.17, 15) is 4.79 Å². The topological polar surface area (TPSA) is 38.8 Å². The van der Waals surface area contributed by atoms with Crippen molar-refractivity contribution in [3.8, 4) is 0 Å². The van der Waals surface area contributed by atoms with Crippen molar-refractivity contribution < 1.29 is 14.3 Å². The number of hydrogen-bond donors (Lipinski definition) is 0. The Morgan fingerprint density at radius 2 is 2.20 bits per heavy atom. The van der Waals surface area contributed by atoms with E-state index in [4.69, 9.17) is 9.47 Å². The van der Waals surface area contributed by atoms with E-state index in [0.29, 0.717) is 19.1 Å². The number of fused-ring (bicyclic) bond motifs is 1. The second kappa shape index (κ2) is 7.29. The molecule has 1 unspecified atom stereocenters. The van der Waals surface area contributed by atoms with Gasteiger partial charge in [-0.05, 0) is 30.9 Å². The molecule has 1 aromatic carbocycles. The zero-order chi connectivity index (χ0) is 14.4. The van der Waals surface area contributed by atoms with E-state index < -0.39 is 0 Å². The molecule has 0 saturated carbocycles. The molecule has 110 valence electrons. The molecule has 0 aliphatic carbocycles. The molecule has 4 nitrogen and oxygen atoms in total. The Balaban J connectivity index is 1.83. The molecule has 0 aromatic heterocycles. The van der Waals surface area contributed by atoms with Crippen LogP contribution < -0.4 is 4.90 Å². The Kier molecular flexibility index (Phi) is 5.41. The van der Waals surface area contributed by atoms with E-state index in [0.717, 1.165) is 19.5 Å². The molecule has 2 rings (SSSR count). The van der Waals surface area contributed by atoms with Gasteiger partial charge < -0.3 is 14.4 Å². The lowest BCUT2D eigenvalue weighted by Gasteiger charge is -2.34. The fourth-order valence-corrected chi connectivity index (χ4v) is 2.65. The Hall–Kier alpha value is -1.55. The summed E-state index contributed by atoms with van der Waals surface area (Å²) in [5, 5.41) is 0. The third-order valence-electron chi connectivity index (χ3n) is 3.46. The van der Waals surface area contributed by atoms with E-state index >= 15 is 0 Å². The smallest absolute Gasteiger partial charge is 0.332 e. The van der Waals surface area contributed by atoms with E-state index in [1.807, 2.05) is 0 Å². The molecule has 0 saturated heterocycles. The monoisotopic (exact) mass is 277 g/mol. The zero-order valence-corrected chi connectivity index (χ0v) is 12.3. The zero-order valence-electron chi connectivity index (χ0n) is 12.3. The lowest BCUT2D eigenvalue weighted by Crippen LogP contribution is -2.36. The largest absolute Gasteiger partial charge is 0.464 e. The highest BCUT2D eigenvalue weighted by Gasteiger charge is 2.20. The number of rotatable bonds is 6. The molecule has 0 spiro atoms. The molecule has 0 amide bonds. The van der Waals surface area contributed by atoms with Crippen LogP contribution in [-0.4, -0.2) is 38.9 Å². The third-order valence-corrected chi connectivity index (χ3v) is 3.46. The number of esters is 1. The summed E-state index contributed by atoms with van der Waals surface area (Å²) in [6.07, 6.45) is 1.14. The first-order valence-corrected chi connectivity index (χ1v) is 7.27. The molecule has 1 aliphatic heterocycles. The summed E-state index contributed by atoms with van der Waals surface area (Å²) in [4.78, 5) is 13.5. The molecule has 4 heteroatoms. The molecule has 20 heavy (non-hydrogen) atoms. The van der Waals surface area contributed by atoms with Gasteiger partial charge in [0.1, 0.15) is 6.61 Å². The van der Waals surface area contributed by atoms with Gasteiger partial charge in [-0.2, -0.15) is 0 Å². The predicted octanol–water partition coefficient (Wildman–Crippen LogP) is 2.26. The summed E-state index contributed by atoms with van der Waals surface area (Å²) in [5.74, 6) is 0.356. The summed E-state index contributed by atoms with van der Waals surface area (Å²) in [7, 11) is 0. The highest BCUT2D eigenvalue weighted by molar-refractivity contribution is 5.70. The molecule has 1 heterocycles. The summed E-state index contributed by atoms with van der Waals surface area (Å²) in [6.45, 7) is 6.89. The molecular formula is C16H23NO3. The fourth-order valence-electron chi connectivity index (χ4n) is 2.65. The number of anilines is 1. The van der Waals surface area contributed by atoms with Crippen LogP contribution in [0.3, 0.4) is 0 Å². The quantitative estimate of drug-likeness (QED) is 0.590. The van der Waals surface area contributed by atoms with Crippen LogP contribution in [0.2, 0.25) is 0 Å². The van der Waals surface area contributed by atoms with Crippen LogP contribution >= 0.6 is 0 Å². The summed E-state index contributed by atoms with van der Waals surface area (Å²) < 4.78 is 10.2. The van der Waals surface area contributed by atoms with Gasteiger partial charge in [-0.3, -0.25) is 0 Å². The van der Waals surface area contributed by atoms with Crippen molar-refractivity contribution in [1.29, 1.82) is 0 Å². The van der Waals surface area contributed by atoms with Crippen molar-refractivity contribution in [2.45, 2.75) is 20.3 Å². The molecule has 0 fully saturated rings. The van der Waals surface area contributed by atoms with Gasteiger partial charge >= 0.3 is 5.97 Å². The van der Waals surface area contributed by atoms with E-state index in [-0.39, 0.29) is 12.6 Å². The van der Waals surface area contributed by atoms with Crippen molar-refractivity contribution in [2.75, 3.05) is 37.8 Å². The lowest BCUT2D eigenvalue weighted by molar-refractivity contribution is -0.148. The van der Waals surface area contributed by atoms with Gasteiger partial charge in [-0.1, -0.05) is 25.1 Å². The standard InChI is InChI=1S/C16H23NO3/c1-3-20-16(18)12-19-9-8-17-11-13(2)10-14-6-4-5-7-15(14)17/h4-7,13H,3,8-12H2,1-2H3. The van der Waals surface area contributed by atoms with Crippen LogP contribution in [0.15, 0.2) is 24.3 Å². The SMILES string of the molecule is CCOC(=O)COCCN1CC(C)Cc2ccccc21. The van der Waals surface area contributed by atoms with Gasteiger partial charge in [0.05, 0.1) is 13.2 Å². The van der Waals surface area contributed by atoms with Crippen LogP contribution in [0.1, 0.15) is 19.4 Å². The average molecular weight is 277 g/mol. The first kappa shape index (κ1) is 14.9. The minimum atomic E-state index is -0.292. The minimum absolute atomic E-state index is 0.0406. The van der Waals surface area contributed by atoms with E-state index in [1.165, 1.54) is 11.3 Å². The number of carbonyl (C=O) groups excluding carboxylic acids is 1. The van der Waals surface area contributed by atoms with Gasteiger partial charge in [-0.15, -0.1) is 0 Å². The molecule has 1 aromatic rings. The number of nitrogens with zero attached hydrogens (tertiary/aromatic N) is 1. The van der Waals surface area contributed by atoms with Crippen LogP contribution in [0.5, 0.6) is 0 Å².